The van der Waals surface area contributed by atoms with E-state index in [1.54, 1.807) is 7.05 Å². The molecule has 2 aliphatic heterocycles. The molecule has 27 heavy (non-hydrogen) atoms. The molecular formula is C18H27F3N6. The van der Waals surface area contributed by atoms with E-state index in [2.05, 4.69) is 31.6 Å². The molecule has 0 bridgehead atoms. The largest absolute Gasteiger partial charge is 0.401 e. The molecule has 2 N–H and O–H groups in total. The molecule has 1 aromatic rings. The molecule has 0 spiro atoms. The van der Waals surface area contributed by atoms with Crippen molar-refractivity contribution in [1.82, 2.24) is 20.5 Å². The van der Waals surface area contributed by atoms with Crippen LogP contribution in [0.5, 0.6) is 0 Å². The fraction of sp³-hybridized carbons (Fsp3) is 0.667. The Balaban J connectivity index is 1.48. The number of rotatable bonds is 5. The smallest absolute Gasteiger partial charge is 0.357 e. The molecule has 1 unspecified atom stereocenters. The number of guanidine groups is 1. The summed E-state index contributed by atoms with van der Waals surface area (Å²) in [6.07, 6.45) is 0.738. The van der Waals surface area contributed by atoms with Gasteiger partial charge in [-0.2, -0.15) is 13.2 Å². The maximum absolute atomic E-state index is 12.5. The molecular weight excluding hydrogens is 357 g/mol. The number of alkyl halides is 3. The van der Waals surface area contributed by atoms with Gasteiger partial charge in [-0.15, -0.1) is 0 Å². The number of nitrogens with one attached hydrogen (secondary N) is 2. The van der Waals surface area contributed by atoms with Gasteiger partial charge in [0.2, 0.25) is 0 Å². The second-order valence-corrected chi connectivity index (χ2v) is 7.12. The van der Waals surface area contributed by atoms with Crippen molar-refractivity contribution in [3.05, 3.63) is 23.9 Å². The van der Waals surface area contributed by atoms with E-state index >= 15 is 0 Å². The number of aliphatic imine (C=N–C) groups is 1. The summed E-state index contributed by atoms with van der Waals surface area (Å²) in [5.74, 6) is 1.60. The third-order valence-corrected chi connectivity index (χ3v) is 4.94. The van der Waals surface area contributed by atoms with Gasteiger partial charge in [-0.05, 0) is 37.0 Å². The summed E-state index contributed by atoms with van der Waals surface area (Å²) in [5.41, 5.74) is 1.10. The lowest BCUT2D eigenvalue weighted by Crippen LogP contribution is -2.44. The predicted octanol–water partition coefficient (Wildman–Crippen LogP) is 1.98. The number of anilines is 1. The first kappa shape index (κ1) is 19.7. The molecule has 2 aliphatic rings. The molecule has 2 saturated heterocycles. The van der Waals surface area contributed by atoms with Crippen molar-refractivity contribution in [3.63, 3.8) is 0 Å². The van der Waals surface area contributed by atoms with E-state index in [0.29, 0.717) is 32.0 Å². The quantitative estimate of drug-likeness (QED) is 0.601. The Morgan fingerprint density at radius 1 is 1.30 bits per heavy atom. The van der Waals surface area contributed by atoms with Crippen LogP contribution in [0, 0.1) is 0 Å². The van der Waals surface area contributed by atoms with Crippen LogP contribution in [-0.4, -0.2) is 67.8 Å². The summed E-state index contributed by atoms with van der Waals surface area (Å²) in [7, 11) is 1.67. The molecule has 1 atom stereocenters. The molecule has 0 amide bonds. The Bertz CT molecular complexity index is 642. The van der Waals surface area contributed by atoms with E-state index in [0.717, 1.165) is 24.5 Å². The molecule has 0 saturated carbocycles. The average molecular weight is 384 g/mol. The lowest BCUT2D eigenvalue weighted by atomic mass is 10.2. The highest BCUT2D eigenvalue weighted by atomic mass is 19.4. The molecule has 6 nitrogen and oxygen atoms in total. The molecule has 0 aliphatic carbocycles. The van der Waals surface area contributed by atoms with Crippen LogP contribution in [0.15, 0.2) is 23.3 Å². The van der Waals surface area contributed by atoms with Crippen LogP contribution >= 0.6 is 0 Å². The van der Waals surface area contributed by atoms with Gasteiger partial charge in [-0.25, -0.2) is 4.98 Å². The fourth-order valence-corrected chi connectivity index (χ4v) is 3.61. The van der Waals surface area contributed by atoms with E-state index < -0.39 is 12.7 Å². The average Bonchev–Trinajstić information content (AvgIpc) is 3.29. The molecule has 3 rings (SSSR count). The number of pyridine rings is 1. The summed E-state index contributed by atoms with van der Waals surface area (Å²) in [4.78, 5) is 12.3. The van der Waals surface area contributed by atoms with Crippen LogP contribution < -0.4 is 15.5 Å². The number of hydrogen-bond donors (Lipinski definition) is 2. The number of hydrogen-bond acceptors (Lipinski definition) is 4. The molecule has 9 heteroatoms. The third kappa shape index (κ3) is 5.98. The number of nitrogens with zero attached hydrogens (tertiary/aromatic N) is 4. The van der Waals surface area contributed by atoms with Gasteiger partial charge in [0, 0.05) is 52.0 Å². The zero-order valence-electron chi connectivity index (χ0n) is 15.6. The van der Waals surface area contributed by atoms with Crippen LogP contribution in [-0.2, 0) is 6.54 Å². The fourth-order valence-electron chi connectivity index (χ4n) is 3.61. The van der Waals surface area contributed by atoms with Crippen molar-refractivity contribution >= 4 is 11.8 Å². The lowest BCUT2D eigenvalue weighted by molar-refractivity contribution is -0.143. The van der Waals surface area contributed by atoms with E-state index in [1.807, 2.05) is 12.3 Å². The van der Waals surface area contributed by atoms with E-state index in [9.17, 15) is 13.2 Å². The summed E-state index contributed by atoms with van der Waals surface area (Å²) < 4.78 is 37.5. The number of aromatic nitrogens is 1. The van der Waals surface area contributed by atoms with Gasteiger partial charge >= 0.3 is 6.18 Å². The first-order chi connectivity index (χ1) is 12.9. The minimum atomic E-state index is -4.15. The first-order valence-corrected chi connectivity index (χ1v) is 9.39. The van der Waals surface area contributed by atoms with Crippen molar-refractivity contribution in [3.8, 4) is 0 Å². The SMILES string of the molecule is CN=C(NCc1ccnc(N2CCCC2)c1)NC1CCN(CC(F)(F)F)C1. The van der Waals surface area contributed by atoms with Gasteiger partial charge in [0.05, 0.1) is 6.54 Å². The Kier molecular flexibility index (Phi) is 6.41. The highest BCUT2D eigenvalue weighted by Crippen LogP contribution is 2.20. The second kappa shape index (κ2) is 8.77. The minimum absolute atomic E-state index is 0.0313. The maximum atomic E-state index is 12.5. The zero-order valence-corrected chi connectivity index (χ0v) is 15.6. The first-order valence-electron chi connectivity index (χ1n) is 9.39. The van der Waals surface area contributed by atoms with Gasteiger partial charge in [-0.1, -0.05) is 0 Å². The van der Waals surface area contributed by atoms with Crippen molar-refractivity contribution in [2.45, 2.75) is 38.0 Å². The van der Waals surface area contributed by atoms with Gasteiger partial charge in [0.1, 0.15) is 5.82 Å². The van der Waals surface area contributed by atoms with E-state index in [1.165, 1.54) is 17.7 Å². The van der Waals surface area contributed by atoms with Crippen molar-refractivity contribution in [1.29, 1.82) is 0 Å². The Morgan fingerprint density at radius 3 is 2.78 bits per heavy atom. The molecule has 0 aromatic carbocycles. The van der Waals surface area contributed by atoms with E-state index in [-0.39, 0.29) is 6.04 Å². The highest BCUT2D eigenvalue weighted by Gasteiger charge is 2.34. The van der Waals surface area contributed by atoms with E-state index in [4.69, 9.17) is 0 Å². The third-order valence-electron chi connectivity index (χ3n) is 4.94. The van der Waals surface area contributed by atoms with Crippen LogP contribution in [0.4, 0.5) is 19.0 Å². The lowest BCUT2D eigenvalue weighted by Gasteiger charge is -2.20. The van der Waals surface area contributed by atoms with Crippen molar-refractivity contribution in [2.75, 3.05) is 44.7 Å². The molecule has 3 heterocycles. The standard InChI is InChI=1S/C18H27F3N6/c1-22-17(25-15-5-9-26(12-15)13-18(19,20)21)24-11-14-4-6-23-16(10-14)27-7-2-3-8-27/h4,6,10,15H,2-3,5,7-9,11-13H2,1H3,(H2,22,24,25). The molecule has 0 radical (unpaired) electrons. The number of likely N-dealkylation sites (tertiary alicyclic amines) is 1. The molecule has 1 aromatic heterocycles. The van der Waals surface area contributed by atoms with Gasteiger partial charge in [-0.3, -0.25) is 9.89 Å². The van der Waals surface area contributed by atoms with Crippen LogP contribution in [0.3, 0.4) is 0 Å². The number of halogens is 3. The van der Waals surface area contributed by atoms with Crippen LogP contribution in [0.2, 0.25) is 0 Å². The Morgan fingerprint density at radius 2 is 2.07 bits per heavy atom. The predicted molar refractivity (Wildman–Crippen MR) is 99.9 cm³/mol. The summed E-state index contributed by atoms with van der Waals surface area (Å²) in [6.45, 7) is 2.63. The van der Waals surface area contributed by atoms with Crippen LogP contribution in [0.1, 0.15) is 24.8 Å². The van der Waals surface area contributed by atoms with Crippen LogP contribution in [0.25, 0.3) is 0 Å². The summed E-state index contributed by atoms with van der Waals surface area (Å²) in [6, 6.07) is 4.00. The monoisotopic (exact) mass is 384 g/mol. The van der Waals surface area contributed by atoms with Crippen molar-refractivity contribution < 1.29 is 13.2 Å². The van der Waals surface area contributed by atoms with Crippen molar-refractivity contribution in [2.24, 2.45) is 4.99 Å². The van der Waals surface area contributed by atoms with Gasteiger partial charge < -0.3 is 15.5 Å². The minimum Gasteiger partial charge on any atom is -0.357 e. The maximum Gasteiger partial charge on any atom is 0.401 e. The zero-order chi connectivity index (χ0) is 19.3. The Labute approximate surface area is 157 Å². The summed E-state index contributed by atoms with van der Waals surface area (Å²) >= 11 is 0. The second-order valence-electron chi connectivity index (χ2n) is 7.12. The molecule has 150 valence electrons. The Hall–Kier alpha value is -2.03. The highest BCUT2D eigenvalue weighted by molar-refractivity contribution is 5.80. The summed E-state index contributed by atoms with van der Waals surface area (Å²) in [5, 5.41) is 6.47. The molecule has 2 fully saturated rings. The van der Waals surface area contributed by atoms with Gasteiger partial charge in [0.15, 0.2) is 5.96 Å². The normalized spacial score (nSPS) is 21.7. The topological polar surface area (TPSA) is 55.8 Å². The van der Waals surface area contributed by atoms with Gasteiger partial charge in [0.25, 0.3) is 0 Å².